The predicted octanol–water partition coefficient (Wildman–Crippen LogP) is 2.36. The van der Waals surface area contributed by atoms with Crippen molar-refractivity contribution in [2.45, 2.75) is 26.3 Å². The van der Waals surface area contributed by atoms with E-state index in [4.69, 9.17) is 0 Å². The Morgan fingerprint density at radius 3 is 2.40 bits per heavy atom. The number of carbonyl (C=O) groups excluding carboxylic acids is 1. The smallest absolute Gasteiger partial charge is 0.270 e. The van der Waals surface area contributed by atoms with Crippen LogP contribution in [0.3, 0.4) is 0 Å². The molecule has 1 fully saturated rings. The normalized spacial score (nSPS) is 18.7. The van der Waals surface area contributed by atoms with Crippen molar-refractivity contribution >= 4 is 27.1 Å². The summed E-state index contributed by atoms with van der Waals surface area (Å²) in [5, 5.41) is 6.00. The van der Waals surface area contributed by atoms with Gasteiger partial charge in [-0.2, -0.15) is 0 Å². The van der Waals surface area contributed by atoms with Crippen molar-refractivity contribution in [3.05, 3.63) is 53.3 Å². The first-order valence-corrected chi connectivity index (χ1v) is 9.95. The summed E-state index contributed by atoms with van der Waals surface area (Å²) in [5.41, 5.74) is 4.35. The van der Waals surface area contributed by atoms with E-state index >= 15 is 0 Å². The maximum atomic E-state index is 12.2. The first-order valence-electron chi connectivity index (χ1n) is 8.13. The Morgan fingerprint density at radius 1 is 1.12 bits per heavy atom. The summed E-state index contributed by atoms with van der Waals surface area (Å²) in [5.74, 6) is -0.213. The second-order valence-corrected chi connectivity index (χ2v) is 8.74. The van der Waals surface area contributed by atoms with Crippen LogP contribution in [0.5, 0.6) is 0 Å². The third-order valence-electron chi connectivity index (χ3n) is 4.07. The van der Waals surface area contributed by atoms with E-state index in [0.29, 0.717) is 6.42 Å². The van der Waals surface area contributed by atoms with Gasteiger partial charge >= 0.3 is 0 Å². The number of nitrogens with zero attached hydrogens (tertiary/aromatic N) is 1. The highest BCUT2D eigenvalue weighted by Crippen LogP contribution is 2.19. The molecule has 1 aromatic carbocycles. The lowest BCUT2D eigenvalue weighted by Crippen LogP contribution is -2.36. The van der Waals surface area contributed by atoms with Crippen molar-refractivity contribution in [2.75, 3.05) is 16.8 Å². The van der Waals surface area contributed by atoms with Gasteiger partial charge in [0.2, 0.25) is 0 Å². The van der Waals surface area contributed by atoms with E-state index in [1.165, 1.54) is 0 Å². The van der Waals surface area contributed by atoms with Crippen molar-refractivity contribution in [2.24, 2.45) is 0 Å². The van der Waals surface area contributed by atoms with Gasteiger partial charge < -0.3 is 10.6 Å². The maximum absolute atomic E-state index is 12.2. The lowest BCUT2D eigenvalue weighted by Gasteiger charge is -2.11. The largest absolute Gasteiger partial charge is 0.354 e. The van der Waals surface area contributed by atoms with Crippen LogP contribution in [0.25, 0.3) is 0 Å². The van der Waals surface area contributed by atoms with Gasteiger partial charge in [0, 0.05) is 11.7 Å². The zero-order chi connectivity index (χ0) is 18.0. The molecule has 2 aromatic rings. The van der Waals surface area contributed by atoms with E-state index in [2.05, 4.69) is 21.7 Å². The molecule has 3 rings (SSSR count). The van der Waals surface area contributed by atoms with Crippen LogP contribution in [-0.2, 0) is 9.84 Å². The molecule has 0 aliphatic carbocycles. The van der Waals surface area contributed by atoms with Gasteiger partial charge in [0.1, 0.15) is 5.69 Å². The van der Waals surface area contributed by atoms with Gasteiger partial charge in [-0.25, -0.2) is 13.4 Å². The van der Waals surface area contributed by atoms with Crippen LogP contribution in [0, 0.1) is 13.8 Å². The molecule has 2 heterocycles. The van der Waals surface area contributed by atoms with Crippen LogP contribution in [0.15, 0.2) is 36.5 Å². The van der Waals surface area contributed by atoms with Crippen LogP contribution in [-0.4, -0.2) is 36.9 Å². The molecule has 1 aliphatic heterocycles. The van der Waals surface area contributed by atoms with Gasteiger partial charge in [-0.15, -0.1) is 0 Å². The highest BCUT2D eigenvalue weighted by Gasteiger charge is 2.29. The van der Waals surface area contributed by atoms with Gasteiger partial charge in [0.05, 0.1) is 23.4 Å². The van der Waals surface area contributed by atoms with E-state index in [0.717, 1.165) is 22.5 Å². The molecule has 2 N–H and O–H groups in total. The Kier molecular flexibility index (Phi) is 4.76. The number of hydrogen-bond donors (Lipinski definition) is 2. The third kappa shape index (κ3) is 4.57. The van der Waals surface area contributed by atoms with Crippen LogP contribution < -0.4 is 10.6 Å². The summed E-state index contributed by atoms with van der Waals surface area (Å²) in [6.45, 7) is 4.07. The zero-order valence-corrected chi connectivity index (χ0v) is 15.1. The van der Waals surface area contributed by atoms with E-state index in [-0.39, 0.29) is 29.1 Å². The van der Waals surface area contributed by atoms with Crippen molar-refractivity contribution in [3.8, 4) is 0 Å². The average Bonchev–Trinajstić information content (AvgIpc) is 2.85. The number of pyridine rings is 1. The second kappa shape index (κ2) is 6.84. The Labute approximate surface area is 147 Å². The van der Waals surface area contributed by atoms with Crippen molar-refractivity contribution < 1.29 is 13.2 Å². The number of aromatic nitrogens is 1. The Bertz CT molecular complexity index is 872. The SMILES string of the molecule is Cc1cc(C)cc(Nc2ccc(C(=O)NC3CCS(=O)(=O)C3)nc2)c1. The fourth-order valence-electron chi connectivity index (χ4n) is 2.98. The minimum Gasteiger partial charge on any atom is -0.354 e. The van der Waals surface area contributed by atoms with Crippen LogP contribution in [0.2, 0.25) is 0 Å². The van der Waals surface area contributed by atoms with E-state index in [1.807, 2.05) is 26.0 Å². The van der Waals surface area contributed by atoms with Crippen molar-refractivity contribution in [1.82, 2.24) is 10.3 Å². The number of rotatable bonds is 4. The molecule has 6 nitrogen and oxygen atoms in total. The van der Waals surface area contributed by atoms with E-state index in [9.17, 15) is 13.2 Å². The van der Waals surface area contributed by atoms with Gasteiger partial charge in [0.25, 0.3) is 5.91 Å². The monoisotopic (exact) mass is 359 g/mol. The third-order valence-corrected chi connectivity index (χ3v) is 5.84. The first-order chi connectivity index (χ1) is 11.8. The summed E-state index contributed by atoms with van der Waals surface area (Å²) >= 11 is 0. The highest BCUT2D eigenvalue weighted by molar-refractivity contribution is 7.91. The molecule has 132 valence electrons. The van der Waals surface area contributed by atoms with E-state index < -0.39 is 9.84 Å². The molecule has 0 saturated carbocycles. The molecule has 1 saturated heterocycles. The molecule has 0 radical (unpaired) electrons. The van der Waals surface area contributed by atoms with E-state index in [1.54, 1.807) is 18.3 Å². The minimum absolute atomic E-state index is 0.00505. The second-order valence-electron chi connectivity index (χ2n) is 6.51. The molecule has 0 spiro atoms. The molecule has 1 atom stereocenters. The zero-order valence-electron chi connectivity index (χ0n) is 14.2. The summed E-state index contributed by atoms with van der Waals surface area (Å²) in [7, 11) is -3.02. The molecule has 1 aromatic heterocycles. The summed E-state index contributed by atoms with van der Waals surface area (Å²) < 4.78 is 22.9. The topological polar surface area (TPSA) is 88.2 Å². The lowest BCUT2D eigenvalue weighted by molar-refractivity contribution is 0.0936. The van der Waals surface area contributed by atoms with Crippen molar-refractivity contribution in [3.63, 3.8) is 0 Å². The Morgan fingerprint density at radius 2 is 1.84 bits per heavy atom. The van der Waals surface area contributed by atoms with Gasteiger partial charge in [0.15, 0.2) is 9.84 Å². The maximum Gasteiger partial charge on any atom is 0.270 e. The molecule has 1 aliphatic rings. The molecule has 1 amide bonds. The Balaban J connectivity index is 1.64. The number of hydrogen-bond acceptors (Lipinski definition) is 5. The summed E-state index contributed by atoms with van der Waals surface area (Å²) in [6, 6.07) is 9.25. The molecule has 7 heteroatoms. The molecular formula is C18H21N3O3S. The Hall–Kier alpha value is -2.41. The number of amides is 1. The van der Waals surface area contributed by atoms with Gasteiger partial charge in [-0.1, -0.05) is 6.07 Å². The van der Waals surface area contributed by atoms with Crippen molar-refractivity contribution in [1.29, 1.82) is 0 Å². The number of benzene rings is 1. The molecule has 0 bridgehead atoms. The fourth-order valence-corrected chi connectivity index (χ4v) is 4.66. The molecule has 1 unspecified atom stereocenters. The number of nitrogens with one attached hydrogen (secondary N) is 2. The van der Waals surface area contributed by atoms with Crippen LogP contribution in [0.4, 0.5) is 11.4 Å². The van der Waals surface area contributed by atoms with Gasteiger partial charge in [-0.3, -0.25) is 4.79 Å². The standard InChI is InChI=1S/C18H21N3O3S/c1-12-7-13(2)9-16(8-12)20-14-3-4-17(19-10-14)18(22)21-15-5-6-25(23,24)11-15/h3-4,7-10,15,20H,5-6,11H2,1-2H3,(H,21,22). The number of aryl methyl sites for hydroxylation is 2. The number of sulfone groups is 1. The van der Waals surface area contributed by atoms with Crippen LogP contribution >= 0.6 is 0 Å². The average molecular weight is 359 g/mol. The minimum atomic E-state index is -3.02. The molecule has 25 heavy (non-hydrogen) atoms. The summed E-state index contributed by atoms with van der Waals surface area (Å²) in [4.78, 5) is 16.4. The first kappa shape index (κ1) is 17.4. The highest BCUT2D eigenvalue weighted by atomic mass is 32.2. The molecular weight excluding hydrogens is 338 g/mol. The van der Waals surface area contributed by atoms with Crippen LogP contribution in [0.1, 0.15) is 28.0 Å². The predicted molar refractivity (Wildman–Crippen MR) is 98.0 cm³/mol. The fraction of sp³-hybridized carbons (Fsp3) is 0.333. The number of carbonyl (C=O) groups is 1. The number of anilines is 2. The quantitative estimate of drug-likeness (QED) is 0.875. The van der Waals surface area contributed by atoms with Gasteiger partial charge in [-0.05, 0) is 55.7 Å². The lowest BCUT2D eigenvalue weighted by atomic mass is 10.1. The summed E-state index contributed by atoms with van der Waals surface area (Å²) in [6.07, 6.45) is 2.05.